The first kappa shape index (κ1) is 14.4. The van der Waals surface area contributed by atoms with E-state index in [4.69, 9.17) is 11.6 Å². The molecular weight excluding hydrogens is 278 g/mol. The number of aromatic amines is 1. The van der Waals surface area contributed by atoms with Gasteiger partial charge in [-0.05, 0) is 37.2 Å². The van der Waals surface area contributed by atoms with Gasteiger partial charge in [0.05, 0.1) is 0 Å². The number of halogens is 1. The Kier molecular flexibility index (Phi) is 6.27. The van der Waals surface area contributed by atoms with Gasteiger partial charge in [0.2, 0.25) is 0 Å². The number of rotatable bonds is 8. The van der Waals surface area contributed by atoms with Gasteiger partial charge in [-0.3, -0.25) is 0 Å². The van der Waals surface area contributed by atoms with Gasteiger partial charge >= 0.3 is 0 Å². The molecule has 1 aromatic heterocycles. The highest BCUT2D eigenvalue weighted by Gasteiger charge is 1.96. The van der Waals surface area contributed by atoms with Crippen molar-refractivity contribution in [2.75, 3.05) is 18.8 Å². The Morgan fingerprint density at radius 2 is 2.05 bits per heavy atom. The molecule has 0 bridgehead atoms. The van der Waals surface area contributed by atoms with Gasteiger partial charge in [-0.25, -0.2) is 4.98 Å². The number of imidazole rings is 1. The molecule has 0 spiro atoms. The number of H-pyrrole nitrogens is 1. The highest BCUT2D eigenvalue weighted by molar-refractivity contribution is 7.99. The van der Waals surface area contributed by atoms with Gasteiger partial charge in [-0.2, -0.15) is 0 Å². The molecule has 0 radical (unpaired) electrons. The molecule has 0 aliphatic rings. The molecule has 0 unspecified atom stereocenters. The average Bonchev–Trinajstić information content (AvgIpc) is 2.93. The van der Waals surface area contributed by atoms with Crippen molar-refractivity contribution in [2.24, 2.45) is 0 Å². The molecule has 0 aliphatic carbocycles. The first-order valence-corrected chi connectivity index (χ1v) is 7.78. The van der Waals surface area contributed by atoms with Crippen molar-refractivity contribution in [3.05, 3.63) is 47.5 Å². The molecule has 0 aliphatic heterocycles. The second kappa shape index (κ2) is 8.25. The molecular formula is C14H18ClN3S. The van der Waals surface area contributed by atoms with E-state index in [1.807, 2.05) is 30.1 Å². The normalized spacial score (nSPS) is 10.8. The lowest BCUT2D eigenvalue weighted by Gasteiger charge is -2.04. The number of nitrogens with zero attached hydrogens (tertiary/aromatic N) is 1. The summed E-state index contributed by atoms with van der Waals surface area (Å²) in [4.78, 5) is 8.58. The van der Waals surface area contributed by atoms with Crippen LogP contribution in [0.3, 0.4) is 0 Å². The maximum atomic E-state index is 5.84. The largest absolute Gasteiger partial charge is 0.349 e. The van der Waals surface area contributed by atoms with Crippen LogP contribution in [0.4, 0.5) is 0 Å². The zero-order chi connectivity index (χ0) is 13.3. The molecule has 1 aromatic carbocycles. The average molecular weight is 296 g/mol. The molecule has 0 saturated heterocycles. The number of hydrogen-bond acceptors (Lipinski definition) is 3. The summed E-state index contributed by atoms with van der Waals surface area (Å²) in [6.45, 7) is 2.05. The molecule has 19 heavy (non-hydrogen) atoms. The van der Waals surface area contributed by atoms with Gasteiger partial charge in [0, 0.05) is 41.0 Å². The van der Waals surface area contributed by atoms with E-state index >= 15 is 0 Å². The number of benzene rings is 1. The zero-order valence-corrected chi connectivity index (χ0v) is 12.3. The number of aryl methyl sites for hydroxylation is 1. The molecule has 1 heterocycles. The van der Waals surface area contributed by atoms with Crippen molar-refractivity contribution in [3.63, 3.8) is 0 Å². The van der Waals surface area contributed by atoms with E-state index in [-0.39, 0.29) is 0 Å². The minimum absolute atomic E-state index is 0.792. The number of nitrogens with one attached hydrogen (secondary N) is 2. The first-order chi connectivity index (χ1) is 9.34. The number of thioether (sulfide) groups is 1. The highest BCUT2D eigenvalue weighted by Crippen LogP contribution is 2.19. The van der Waals surface area contributed by atoms with Crippen molar-refractivity contribution in [2.45, 2.75) is 17.7 Å². The van der Waals surface area contributed by atoms with Gasteiger partial charge in [-0.15, -0.1) is 11.8 Å². The summed E-state index contributed by atoms with van der Waals surface area (Å²) >= 11 is 7.69. The quantitative estimate of drug-likeness (QED) is 0.579. The van der Waals surface area contributed by atoms with E-state index in [9.17, 15) is 0 Å². The first-order valence-electron chi connectivity index (χ1n) is 6.42. The number of hydrogen-bond donors (Lipinski definition) is 2. The summed E-state index contributed by atoms with van der Waals surface area (Å²) in [7, 11) is 0. The lowest BCUT2D eigenvalue weighted by Crippen LogP contribution is -2.19. The topological polar surface area (TPSA) is 40.7 Å². The fourth-order valence-electron chi connectivity index (χ4n) is 1.71. The summed E-state index contributed by atoms with van der Waals surface area (Å²) in [5.41, 5.74) is 0. The summed E-state index contributed by atoms with van der Waals surface area (Å²) in [5.74, 6) is 2.14. The van der Waals surface area contributed by atoms with Crippen LogP contribution in [0.25, 0.3) is 0 Å². The second-order valence-corrected chi connectivity index (χ2v) is 5.80. The smallest absolute Gasteiger partial charge is 0.106 e. The third kappa shape index (κ3) is 5.68. The van der Waals surface area contributed by atoms with Crippen molar-refractivity contribution in [1.29, 1.82) is 0 Å². The fourth-order valence-corrected chi connectivity index (χ4v) is 2.65. The van der Waals surface area contributed by atoms with Crippen molar-refractivity contribution < 1.29 is 0 Å². The molecule has 2 rings (SSSR count). The SMILES string of the molecule is Clc1ccc(SCCNCCCc2ncc[nH]2)cc1. The Bertz CT molecular complexity index is 456. The maximum absolute atomic E-state index is 5.84. The highest BCUT2D eigenvalue weighted by atomic mass is 35.5. The molecule has 0 amide bonds. The maximum Gasteiger partial charge on any atom is 0.106 e. The zero-order valence-electron chi connectivity index (χ0n) is 10.7. The van der Waals surface area contributed by atoms with Crippen LogP contribution in [0.5, 0.6) is 0 Å². The molecule has 2 aromatic rings. The van der Waals surface area contributed by atoms with Crippen molar-refractivity contribution >= 4 is 23.4 Å². The van der Waals surface area contributed by atoms with Gasteiger partial charge in [-0.1, -0.05) is 11.6 Å². The lowest BCUT2D eigenvalue weighted by molar-refractivity contribution is 0.665. The summed E-state index contributed by atoms with van der Waals surface area (Å²) in [5, 5.41) is 4.23. The van der Waals surface area contributed by atoms with Crippen LogP contribution in [-0.4, -0.2) is 28.8 Å². The number of aromatic nitrogens is 2. The fraction of sp³-hybridized carbons (Fsp3) is 0.357. The van der Waals surface area contributed by atoms with Crippen molar-refractivity contribution in [3.8, 4) is 0 Å². The minimum Gasteiger partial charge on any atom is -0.349 e. The molecule has 0 atom stereocenters. The van der Waals surface area contributed by atoms with E-state index in [1.54, 1.807) is 6.20 Å². The van der Waals surface area contributed by atoms with Gasteiger partial charge in [0.25, 0.3) is 0 Å². The Hall–Kier alpha value is -0.970. The van der Waals surface area contributed by atoms with Crippen LogP contribution in [0.15, 0.2) is 41.6 Å². The Morgan fingerprint density at radius 3 is 2.79 bits per heavy atom. The third-order valence-corrected chi connectivity index (χ3v) is 3.95. The monoisotopic (exact) mass is 295 g/mol. The predicted octanol–water partition coefficient (Wildman–Crippen LogP) is 3.38. The summed E-state index contributed by atoms with van der Waals surface area (Å²) < 4.78 is 0. The van der Waals surface area contributed by atoms with Crippen LogP contribution < -0.4 is 5.32 Å². The second-order valence-electron chi connectivity index (χ2n) is 4.19. The third-order valence-electron chi connectivity index (χ3n) is 2.68. The van der Waals surface area contributed by atoms with Crippen LogP contribution in [0.2, 0.25) is 5.02 Å². The van der Waals surface area contributed by atoms with Gasteiger partial charge < -0.3 is 10.3 Å². The van der Waals surface area contributed by atoms with Crippen LogP contribution in [-0.2, 0) is 6.42 Å². The van der Waals surface area contributed by atoms with Gasteiger partial charge in [0.15, 0.2) is 0 Å². The van der Waals surface area contributed by atoms with Crippen LogP contribution >= 0.6 is 23.4 Å². The van der Waals surface area contributed by atoms with Crippen molar-refractivity contribution in [1.82, 2.24) is 15.3 Å². The lowest BCUT2D eigenvalue weighted by atomic mass is 10.3. The summed E-state index contributed by atoms with van der Waals surface area (Å²) in [6, 6.07) is 7.98. The van der Waals surface area contributed by atoms with E-state index < -0.39 is 0 Å². The van der Waals surface area contributed by atoms with E-state index in [0.29, 0.717) is 0 Å². The molecule has 0 fully saturated rings. The van der Waals surface area contributed by atoms with Crippen LogP contribution in [0, 0.1) is 0 Å². The Balaban J connectivity index is 1.49. The minimum atomic E-state index is 0.792. The molecule has 3 nitrogen and oxygen atoms in total. The Labute approximate surface area is 123 Å². The summed E-state index contributed by atoms with van der Waals surface area (Å²) in [6.07, 6.45) is 5.78. The van der Waals surface area contributed by atoms with E-state index in [1.165, 1.54) is 4.90 Å². The Morgan fingerprint density at radius 1 is 1.21 bits per heavy atom. The molecule has 2 N–H and O–H groups in total. The molecule has 5 heteroatoms. The van der Waals surface area contributed by atoms with Gasteiger partial charge in [0.1, 0.15) is 5.82 Å². The molecule has 0 saturated carbocycles. The molecule has 102 valence electrons. The van der Waals surface area contributed by atoms with Crippen LogP contribution in [0.1, 0.15) is 12.2 Å². The van der Waals surface area contributed by atoms with E-state index in [2.05, 4.69) is 27.4 Å². The predicted molar refractivity (Wildman–Crippen MR) is 82.0 cm³/mol. The van der Waals surface area contributed by atoms with E-state index in [0.717, 1.165) is 42.5 Å². The standard InChI is InChI=1S/C14H18ClN3S/c15-12-3-5-13(6-4-12)19-11-10-16-7-1-2-14-17-8-9-18-14/h3-6,8-9,16H,1-2,7,10-11H2,(H,17,18).